The second kappa shape index (κ2) is 7.13. The van der Waals surface area contributed by atoms with Gasteiger partial charge in [-0.15, -0.1) is 0 Å². The molecule has 1 heterocycles. The topological polar surface area (TPSA) is 77.2 Å². The molecule has 0 unspecified atom stereocenters. The number of aliphatic hydroxyl groups excluding tert-OH is 1. The summed E-state index contributed by atoms with van der Waals surface area (Å²) in [4.78, 5) is 15.1. The van der Waals surface area contributed by atoms with Gasteiger partial charge in [-0.1, -0.05) is 18.2 Å². The minimum Gasteiger partial charge on any atom is -0.396 e. The highest BCUT2D eigenvalue weighted by Gasteiger charge is 2.09. The number of aromatic nitrogens is 1. The second-order valence-electron chi connectivity index (χ2n) is 5.34. The maximum absolute atomic E-state index is 11.7. The molecule has 0 fully saturated rings. The van der Waals surface area contributed by atoms with E-state index < -0.39 is 0 Å². The number of hydrogen-bond donors (Lipinski definition) is 4. The maximum Gasteiger partial charge on any atom is 0.315 e. The molecule has 2 amide bonds. The van der Waals surface area contributed by atoms with Crippen LogP contribution < -0.4 is 10.6 Å². The third kappa shape index (κ3) is 3.98. The van der Waals surface area contributed by atoms with E-state index in [0.717, 1.165) is 17.6 Å². The van der Waals surface area contributed by atoms with E-state index in [4.69, 9.17) is 5.11 Å². The molecule has 2 rings (SSSR count). The van der Waals surface area contributed by atoms with Gasteiger partial charge in [-0.05, 0) is 38.3 Å². The summed E-state index contributed by atoms with van der Waals surface area (Å²) >= 11 is 0. The van der Waals surface area contributed by atoms with Crippen LogP contribution in [0.25, 0.3) is 10.9 Å². The van der Waals surface area contributed by atoms with Crippen molar-refractivity contribution in [3.63, 3.8) is 0 Å². The lowest BCUT2D eigenvalue weighted by molar-refractivity contribution is 0.231. The second-order valence-corrected chi connectivity index (χ2v) is 5.34. The highest BCUT2D eigenvalue weighted by Crippen LogP contribution is 2.21. The van der Waals surface area contributed by atoms with Crippen molar-refractivity contribution >= 4 is 16.9 Å². The quantitative estimate of drug-likeness (QED) is 0.657. The van der Waals surface area contributed by atoms with Gasteiger partial charge in [0.2, 0.25) is 0 Å². The molecule has 114 valence electrons. The van der Waals surface area contributed by atoms with Crippen molar-refractivity contribution in [3.8, 4) is 0 Å². The fourth-order valence-electron chi connectivity index (χ4n) is 2.50. The van der Waals surface area contributed by atoms with Crippen LogP contribution in [0, 0.1) is 6.92 Å². The van der Waals surface area contributed by atoms with E-state index in [1.807, 2.05) is 19.1 Å². The zero-order chi connectivity index (χ0) is 15.2. The van der Waals surface area contributed by atoms with Gasteiger partial charge >= 0.3 is 6.03 Å². The fraction of sp³-hybridized carbons (Fsp3) is 0.438. The Bertz CT molecular complexity index is 607. The first kappa shape index (κ1) is 15.4. The molecule has 0 bridgehead atoms. The van der Waals surface area contributed by atoms with E-state index in [1.54, 1.807) is 0 Å². The van der Waals surface area contributed by atoms with Crippen LogP contribution >= 0.6 is 0 Å². The van der Waals surface area contributed by atoms with Crippen molar-refractivity contribution in [2.45, 2.75) is 32.7 Å². The Kier molecular flexibility index (Phi) is 5.22. The predicted molar refractivity (Wildman–Crippen MR) is 84.4 cm³/mol. The van der Waals surface area contributed by atoms with Crippen molar-refractivity contribution in [2.75, 3.05) is 13.2 Å². The number of amides is 2. The van der Waals surface area contributed by atoms with Crippen LogP contribution in [-0.2, 0) is 6.42 Å². The van der Waals surface area contributed by atoms with Crippen molar-refractivity contribution in [1.29, 1.82) is 0 Å². The van der Waals surface area contributed by atoms with Crippen LogP contribution in [0.5, 0.6) is 0 Å². The van der Waals surface area contributed by atoms with Gasteiger partial charge in [0.05, 0.1) is 0 Å². The molecule has 0 aliphatic heterocycles. The molecular formula is C16H23N3O2. The van der Waals surface area contributed by atoms with Crippen LogP contribution in [0.15, 0.2) is 24.3 Å². The van der Waals surface area contributed by atoms with Gasteiger partial charge in [0, 0.05) is 35.8 Å². The molecule has 1 atom stereocenters. The van der Waals surface area contributed by atoms with E-state index in [9.17, 15) is 4.79 Å². The molecule has 0 saturated carbocycles. The Hall–Kier alpha value is -2.01. The number of H-pyrrole nitrogens is 1. The molecule has 2 aromatic rings. The van der Waals surface area contributed by atoms with Gasteiger partial charge in [0.25, 0.3) is 0 Å². The molecule has 5 heteroatoms. The number of rotatable bonds is 6. The van der Waals surface area contributed by atoms with Gasteiger partial charge in [0.15, 0.2) is 0 Å². The summed E-state index contributed by atoms with van der Waals surface area (Å²) in [6, 6.07) is 7.98. The highest BCUT2D eigenvalue weighted by atomic mass is 16.3. The molecule has 0 aliphatic rings. The molecule has 21 heavy (non-hydrogen) atoms. The number of carbonyl (C=O) groups is 1. The van der Waals surface area contributed by atoms with E-state index in [1.165, 1.54) is 10.9 Å². The largest absolute Gasteiger partial charge is 0.396 e. The number of carbonyl (C=O) groups excluding carboxylic acids is 1. The third-order valence-corrected chi connectivity index (χ3v) is 3.63. The Morgan fingerprint density at radius 3 is 2.90 bits per heavy atom. The van der Waals surface area contributed by atoms with Crippen molar-refractivity contribution < 1.29 is 9.90 Å². The first-order valence-electron chi connectivity index (χ1n) is 7.33. The Morgan fingerprint density at radius 1 is 1.38 bits per heavy atom. The van der Waals surface area contributed by atoms with E-state index in [2.05, 4.69) is 34.7 Å². The first-order valence-corrected chi connectivity index (χ1v) is 7.33. The number of benzene rings is 1. The predicted octanol–water partition coefficient (Wildman–Crippen LogP) is 2.09. The molecule has 0 saturated heterocycles. The van der Waals surface area contributed by atoms with Crippen molar-refractivity contribution in [3.05, 3.63) is 35.5 Å². The molecule has 1 aromatic heterocycles. The summed E-state index contributed by atoms with van der Waals surface area (Å²) in [5.74, 6) is 0. The van der Waals surface area contributed by atoms with Crippen LogP contribution in [0.3, 0.4) is 0 Å². The normalized spacial score (nSPS) is 12.3. The third-order valence-electron chi connectivity index (χ3n) is 3.63. The number of nitrogens with one attached hydrogen (secondary N) is 3. The molecule has 0 radical (unpaired) electrons. The number of aliphatic hydroxyl groups is 1. The molecule has 0 aliphatic carbocycles. The van der Waals surface area contributed by atoms with Crippen molar-refractivity contribution in [1.82, 2.24) is 15.6 Å². The standard InChI is InChI=1S/C16H23N3O2/c1-11(8-10-20)18-16(21)17-9-7-13-12(2)19-15-6-4-3-5-14(13)15/h3-6,11,19-20H,7-10H2,1-2H3,(H2,17,18,21)/t11-/m1/s1. The SMILES string of the molecule is Cc1[nH]c2ccccc2c1CCNC(=O)N[C@H](C)CCO. The Labute approximate surface area is 124 Å². The lowest BCUT2D eigenvalue weighted by atomic mass is 10.1. The highest BCUT2D eigenvalue weighted by molar-refractivity contribution is 5.84. The lowest BCUT2D eigenvalue weighted by Gasteiger charge is -2.13. The summed E-state index contributed by atoms with van der Waals surface area (Å²) in [5.41, 5.74) is 3.52. The van der Waals surface area contributed by atoms with Crippen LogP contribution in [0.2, 0.25) is 0 Å². The Balaban J connectivity index is 1.88. The van der Waals surface area contributed by atoms with Gasteiger partial charge in [-0.3, -0.25) is 0 Å². The average Bonchev–Trinajstić information content (AvgIpc) is 2.75. The number of para-hydroxylation sites is 1. The number of hydrogen-bond acceptors (Lipinski definition) is 2. The van der Waals surface area contributed by atoms with Crippen LogP contribution in [-0.4, -0.2) is 35.3 Å². The minimum atomic E-state index is -0.187. The minimum absolute atomic E-state index is 0.0233. The van der Waals surface area contributed by atoms with E-state index in [0.29, 0.717) is 13.0 Å². The summed E-state index contributed by atoms with van der Waals surface area (Å²) in [6.45, 7) is 4.59. The zero-order valence-electron chi connectivity index (χ0n) is 12.6. The summed E-state index contributed by atoms with van der Waals surface area (Å²) in [7, 11) is 0. The van der Waals surface area contributed by atoms with Crippen molar-refractivity contribution in [2.24, 2.45) is 0 Å². The smallest absolute Gasteiger partial charge is 0.315 e. The summed E-state index contributed by atoms with van der Waals surface area (Å²) < 4.78 is 0. The van der Waals surface area contributed by atoms with Gasteiger partial charge in [0.1, 0.15) is 0 Å². The van der Waals surface area contributed by atoms with Gasteiger partial charge in [-0.25, -0.2) is 4.79 Å². The van der Waals surface area contributed by atoms with Crippen LogP contribution in [0.4, 0.5) is 4.79 Å². The summed E-state index contributed by atoms with van der Waals surface area (Å²) in [5, 5.41) is 15.7. The molecular weight excluding hydrogens is 266 g/mol. The first-order chi connectivity index (χ1) is 10.1. The molecule has 1 aromatic carbocycles. The lowest BCUT2D eigenvalue weighted by Crippen LogP contribution is -2.41. The fourth-order valence-corrected chi connectivity index (χ4v) is 2.50. The Morgan fingerprint density at radius 2 is 2.14 bits per heavy atom. The monoisotopic (exact) mass is 289 g/mol. The van der Waals surface area contributed by atoms with E-state index >= 15 is 0 Å². The number of aryl methyl sites for hydroxylation is 1. The average molecular weight is 289 g/mol. The number of aromatic amines is 1. The zero-order valence-corrected chi connectivity index (χ0v) is 12.6. The summed E-state index contributed by atoms with van der Waals surface area (Å²) in [6.07, 6.45) is 1.35. The number of fused-ring (bicyclic) bond motifs is 1. The van der Waals surface area contributed by atoms with Crippen LogP contribution in [0.1, 0.15) is 24.6 Å². The molecule has 0 spiro atoms. The molecule has 4 N–H and O–H groups in total. The van der Waals surface area contributed by atoms with Gasteiger partial charge < -0.3 is 20.7 Å². The molecule has 5 nitrogen and oxygen atoms in total. The van der Waals surface area contributed by atoms with Gasteiger partial charge in [-0.2, -0.15) is 0 Å². The number of urea groups is 1. The maximum atomic E-state index is 11.7. The van der Waals surface area contributed by atoms with E-state index in [-0.39, 0.29) is 18.7 Å².